The summed E-state index contributed by atoms with van der Waals surface area (Å²) in [6.07, 6.45) is 12.5. The van der Waals surface area contributed by atoms with Crippen LogP contribution in [-0.2, 0) is 13.3 Å². The molecule has 0 unspecified atom stereocenters. The standard InChI is InChI=1S/C17H34O3Si/c1-5-9-13-17-21(18-14-10-6-2,19-15-11-7-3)20-16-12-8-4/h5,9,13,17H,6-8,10-12,14-16H2,1-4H3. The predicted octanol–water partition coefficient (Wildman–Crippen LogP) is 5.05. The van der Waals surface area contributed by atoms with Crippen LogP contribution in [0.4, 0.5) is 0 Å². The highest BCUT2D eigenvalue weighted by atomic mass is 28.4. The molecule has 0 saturated heterocycles. The summed E-state index contributed by atoms with van der Waals surface area (Å²) in [4.78, 5) is 0. The van der Waals surface area contributed by atoms with Gasteiger partial charge in [-0.3, -0.25) is 0 Å². The molecule has 0 atom stereocenters. The molecule has 0 fully saturated rings. The monoisotopic (exact) mass is 314 g/mol. The summed E-state index contributed by atoms with van der Waals surface area (Å²) < 4.78 is 18.3. The van der Waals surface area contributed by atoms with Crippen molar-refractivity contribution >= 4 is 8.80 Å². The van der Waals surface area contributed by atoms with E-state index in [2.05, 4.69) is 20.8 Å². The molecule has 0 bridgehead atoms. The summed E-state index contributed by atoms with van der Waals surface area (Å²) >= 11 is 0. The van der Waals surface area contributed by atoms with Crippen LogP contribution in [0.2, 0.25) is 0 Å². The van der Waals surface area contributed by atoms with Gasteiger partial charge in [0.15, 0.2) is 0 Å². The molecule has 0 aromatic carbocycles. The molecule has 0 aliphatic carbocycles. The minimum atomic E-state index is -2.68. The molecular weight excluding hydrogens is 280 g/mol. The molecule has 0 aliphatic rings. The molecule has 124 valence electrons. The molecule has 21 heavy (non-hydrogen) atoms. The molecule has 0 saturated carbocycles. The van der Waals surface area contributed by atoms with Crippen LogP contribution in [-0.4, -0.2) is 28.6 Å². The van der Waals surface area contributed by atoms with Crippen molar-refractivity contribution in [2.24, 2.45) is 0 Å². The molecule has 0 aliphatic heterocycles. The Labute approximate surface area is 132 Å². The lowest BCUT2D eigenvalue weighted by atomic mass is 10.4. The van der Waals surface area contributed by atoms with Gasteiger partial charge in [-0.1, -0.05) is 58.3 Å². The highest BCUT2D eigenvalue weighted by Crippen LogP contribution is 2.15. The maximum absolute atomic E-state index is 6.08. The van der Waals surface area contributed by atoms with Gasteiger partial charge in [0.05, 0.1) is 0 Å². The number of unbranched alkanes of at least 4 members (excludes halogenated alkanes) is 3. The molecule has 3 nitrogen and oxygen atoms in total. The van der Waals surface area contributed by atoms with E-state index in [1.165, 1.54) is 0 Å². The predicted molar refractivity (Wildman–Crippen MR) is 92.3 cm³/mol. The molecule has 0 aromatic rings. The van der Waals surface area contributed by atoms with Crippen molar-refractivity contribution in [1.29, 1.82) is 0 Å². The Bertz CT molecular complexity index is 251. The Morgan fingerprint density at radius 1 is 0.714 bits per heavy atom. The van der Waals surface area contributed by atoms with Crippen LogP contribution >= 0.6 is 0 Å². The molecular formula is C17H34O3Si. The van der Waals surface area contributed by atoms with Crippen molar-refractivity contribution in [2.45, 2.75) is 66.2 Å². The first kappa shape index (κ1) is 20.6. The van der Waals surface area contributed by atoms with Crippen LogP contribution in [0.25, 0.3) is 0 Å². The first-order valence-corrected chi connectivity index (χ1v) is 10.3. The normalized spacial score (nSPS) is 12.8. The third-order valence-electron chi connectivity index (χ3n) is 3.01. The van der Waals surface area contributed by atoms with E-state index in [1.807, 2.05) is 30.9 Å². The van der Waals surface area contributed by atoms with Gasteiger partial charge in [0.2, 0.25) is 0 Å². The molecule has 0 rings (SSSR count). The van der Waals surface area contributed by atoms with E-state index in [4.69, 9.17) is 13.3 Å². The SMILES string of the molecule is CC=CC=C[Si](OCCCC)(OCCCC)OCCCC. The fourth-order valence-electron chi connectivity index (χ4n) is 1.63. The van der Waals surface area contributed by atoms with Gasteiger partial charge >= 0.3 is 8.80 Å². The first-order chi connectivity index (χ1) is 10.2. The zero-order valence-electron chi connectivity index (χ0n) is 14.4. The minimum absolute atomic E-state index is 0.709. The average molecular weight is 315 g/mol. The summed E-state index contributed by atoms with van der Waals surface area (Å²) in [5, 5.41) is 0. The molecule has 0 aromatic heterocycles. The fourth-order valence-corrected chi connectivity index (χ4v) is 3.80. The summed E-state index contributed by atoms with van der Waals surface area (Å²) in [7, 11) is -2.68. The maximum atomic E-state index is 6.08. The Balaban J connectivity index is 4.77. The highest BCUT2D eigenvalue weighted by Gasteiger charge is 2.38. The Morgan fingerprint density at radius 3 is 1.48 bits per heavy atom. The number of allylic oxidation sites excluding steroid dienone is 3. The molecule has 0 radical (unpaired) electrons. The minimum Gasteiger partial charge on any atom is -0.370 e. The molecule has 0 spiro atoms. The Kier molecular flexibility index (Phi) is 14.2. The van der Waals surface area contributed by atoms with Crippen molar-refractivity contribution in [3.05, 3.63) is 23.9 Å². The van der Waals surface area contributed by atoms with Crippen LogP contribution in [0.1, 0.15) is 66.2 Å². The lowest BCUT2D eigenvalue weighted by Crippen LogP contribution is -2.45. The summed E-state index contributed by atoms with van der Waals surface area (Å²) in [5.41, 5.74) is 2.02. The molecule has 0 N–H and O–H groups in total. The maximum Gasteiger partial charge on any atom is 0.529 e. The van der Waals surface area contributed by atoms with Gasteiger partial charge in [0.25, 0.3) is 0 Å². The quantitative estimate of drug-likeness (QED) is 0.255. The topological polar surface area (TPSA) is 27.7 Å². The molecule has 0 heterocycles. The van der Waals surface area contributed by atoms with Crippen LogP contribution in [0.3, 0.4) is 0 Å². The van der Waals surface area contributed by atoms with Gasteiger partial charge in [0.1, 0.15) is 0 Å². The van der Waals surface area contributed by atoms with E-state index in [0.29, 0.717) is 19.8 Å². The van der Waals surface area contributed by atoms with E-state index >= 15 is 0 Å². The van der Waals surface area contributed by atoms with Crippen LogP contribution < -0.4 is 0 Å². The van der Waals surface area contributed by atoms with Crippen molar-refractivity contribution in [2.75, 3.05) is 19.8 Å². The van der Waals surface area contributed by atoms with Crippen molar-refractivity contribution in [3.8, 4) is 0 Å². The van der Waals surface area contributed by atoms with Crippen molar-refractivity contribution in [1.82, 2.24) is 0 Å². The van der Waals surface area contributed by atoms with E-state index in [-0.39, 0.29) is 0 Å². The summed E-state index contributed by atoms with van der Waals surface area (Å²) in [6, 6.07) is 0. The number of rotatable bonds is 14. The van der Waals surface area contributed by atoms with Gasteiger partial charge in [-0.2, -0.15) is 0 Å². The second kappa shape index (κ2) is 14.5. The highest BCUT2D eigenvalue weighted by molar-refractivity contribution is 6.66. The molecule has 4 heteroatoms. The lowest BCUT2D eigenvalue weighted by Gasteiger charge is -2.27. The van der Waals surface area contributed by atoms with Crippen LogP contribution in [0.5, 0.6) is 0 Å². The van der Waals surface area contributed by atoms with Gasteiger partial charge < -0.3 is 13.3 Å². The van der Waals surface area contributed by atoms with Gasteiger partial charge in [-0.05, 0) is 31.9 Å². The van der Waals surface area contributed by atoms with Crippen LogP contribution in [0.15, 0.2) is 23.9 Å². The van der Waals surface area contributed by atoms with E-state index < -0.39 is 8.80 Å². The first-order valence-electron chi connectivity index (χ1n) is 8.47. The van der Waals surface area contributed by atoms with Gasteiger partial charge in [-0.15, -0.1) is 0 Å². The summed E-state index contributed by atoms with van der Waals surface area (Å²) in [5.74, 6) is 0. The van der Waals surface area contributed by atoms with Gasteiger partial charge in [0, 0.05) is 19.8 Å². The van der Waals surface area contributed by atoms with Gasteiger partial charge in [-0.25, -0.2) is 0 Å². The van der Waals surface area contributed by atoms with Crippen LogP contribution in [0, 0.1) is 0 Å². The fraction of sp³-hybridized carbons (Fsp3) is 0.765. The van der Waals surface area contributed by atoms with Crippen molar-refractivity contribution in [3.63, 3.8) is 0 Å². The van der Waals surface area contributed by atoms with E-state index in [9.17, 15) is 0 Å². The van der Waals surface area contributed by atoms with Crippen molar-refractivity contribution < 1.29 is 13.3 Å². The Hall–Kier alpha value is -0.423. The zero-order valence-corrected chi connectivity index (χ0v) is 15.4. The lowest BCUT2D eigenvalue weighted by molar-refractivity contribution is 0.0685. The third kappa shape index (κ3) is 10.9. The summed E-state index contributed by atoms with van der Waals surface area (Å²) in [6.45, 7) is 10.6. The average Bonchev–Trinajstić information content (AvgIpc) is 2.48. The number of hydrogen-bond donors (Lipinski definition) is 0. The molecule has 0 amide bonds. The Morgan fingerprint density at radius 2 is 1.14 bits per heavy atom. The van der Waals surface area contributed by atoms with E-state index in [0.717, 1.165) is 38.5 Å². The third-order valence-corrected chi connectivity index (χ3v) is 5.43. The second-order valence-electron chi connectivity index (χ2n) is 5.09. The smallest absolute Gasteiger partial charge is 0.370 e. The van der Waals surface area contributed by atoms with E-state index in [1.54, 1.807) is 0 Å². The largest absolute Gasteiger partial charge is 0.529 e. The zero-order chi connectivity index (χ0) is 15.8. The number of hydrogen-bond acceptors (Lipinski definition) is 3. The second-order valence-corrected chi connectivity index (χ2v) is 7.50.